The number of rotatable bonds is 4. The summed E-state index contributed by atoms with van der Waals surface area (Å²) >= 11 is -2.04. The zero-order valence-electron chi connectivity index (χ0n) is 4.83. The smallest absolute Gasteiger partial charge is 0.217 e. The fourth-order valence-corrected chi connectivity index (χ4v) is 0.744. The highest BCUT2D eigenvalue weighted by molar-refractivity contribution is 7.79. The van der Waals surface area contributed by atoms with Crippen LogP contribution in [0.4, 0.5) is 0 Å². The lowest BCUT2D eigenvalue weighted by Gasteiger charge is -2.00. The first-order valence-corrected chi connectivity index (χ1v) is 3.71. The SMILES string of the molecule is NC(=O)CCCS(=O)[O-]. The number of carbonyl (C=O) groups is 1. The molecule has 0 aliphatic rings. The van der Waals surface area contributed by atoms with Gasteiger partial charge in [0.25, 0.3) is 0 Å². The van der Waals surface area contributed by atoms with E-state index in [1.54, 1.807) is 0 Å². The number of nitrogens with two attached hydrogens (primary N) is 1. The van der Waals surface area contributed by atoms with E-state index in [1.807, 2.05) is 0 Å². The van der Waals surface area contributed by atoms with Crippen LogP contribution in [0.2, 0.25) is 0 Å². The zero-order chi connectivity index (χ0) is 7.28. The van der Waals surface area contributed by atoms with Gasteiger partial charge in [0, 0.05) is 12.2 Å². The molecule has 1 atom stereocenters. The third kappa shape index (κ3) is 7.58. The fraction of sp³-hybridized carbons (Fsp3) is 0.750. The fourth-order valence-electron chi connectivity index (χ4n) is 0.364. The first kappa shape index (κ1) is 8.58. The Labute approximate surface area is 55.7 Å². The van der Waals surface area contributed by atoms with Crippen molar-refractivity contribution in [3.63, 3.8) is 0 Å². The molecule has 0 rings (SSSR count). The predicted molar refractivity (Wildman–Crippen MR) is 32.2 cm³/mol. The van der Waals surface area contributed by atoms with Gasteiger partial charge in [-0.3, -0.25) is 9.00 Å². The summed E-state index contributed by atoms with van der Waals surface area (Å²) in [5.41, 5.74) is 4.74. The summed E-state index contributed by atoms with van der Waals surface area (Å²) in [6.45, 7) is 0. The average molecular weight is 150 g/mol. The molecule has 1 amide bonds. The van der Waals surface area contributed by atoms with E-state index in [4.69, 9.17) is 5.73 Å². The van der Waals surface area contributed by atoms with Crippen LogP contribution in [-0.2, 0) is 15.9 Å². The van der Waals surface area contributed by atoms with Crippen LogP contribution < -0.4 is 5.73 Å². The molecule has 54 valence electrons. The van der Waals surface area contributed by atoms with E-state index in [1.165, 1.54) is 0 Å². The maximum atomic E-state index is 10.0. The molecule has 0 radical (unpaired) electrons. The molecular formula is C4H8NO3S-. The Bertz CT molecular complexity index is 111. The van der Waals surface area contributed by atoms with Gasteiger partial charge in [0.15, 0.2) is 0 Å². The number of primary amides is 1. The zero-order valence-corrected chi connectivity index (χ0v) is 5.65. The highest BCUT2D eigenvalue weighted by atomic mass is 32.2. The summed E-state index contributed by atoms with van der Waals surface area (Å²) in [6.07, 6.45) is 0.472. The lowest BCUT2D eigenvalue weighted by atomic mass is 10.3. The van der Waals surface area contributed by atoms with Gasteiger partial charge in [-0.25, -0.2) is 0 Å². The van der Waals surface area contributed by atoms with E-state index in [0.717, 1.165) is 0 Å². The molecular weight excluding hydrogens is 142 g/mol. The molecule has 0 saturated heterocycles. The summed E-state index contributed by atoms with van der Waals surface area (Å²) in [5, 5.41) is 0. The van der Waals surface area contributed by atoms with Crippen molar-refractivity contribution in [2.45, 2.75) is 12.8 Å². The van der Waals surface area contributed by atoms with Crippen LogP contribution in [0.25, 0.3) is 0 Å². The average Bonchev–Trinajstić information content (AvgIpc) is 1.63. The first-order valence-electron chi connectivity index (χ1n) is 2.47. The van der Waals surface area contributed by atoms with Gasteiger partial charge in [-0.2, -0.15) is 0 Å². The van der Waals surface area contributed by atoms with Gasteiger partial charge >= 0.3 is 0 Å². The van der Waals surface area contributed by atoms with Crippen LogP contribution in [-0.4, -0.2) is 20.4 Å². The second-order valence-corrected chi connectivity index (χ2v) is 2.59. The van der Waals surface area contributed by atoms with E-state index < -0.39 is 17.0 Å². The van der Waals surface area contributed by atoms with Crippen molar-refractivity contribution in [2.24, 2.45) is 5.73 Å². The lowest BCUT2D eigenvalue weighted by molar-refractivity contribution is -0.118. The minimum absolute atomic E-state index is 0.0168. The topological polar surface area (TPSA) is 83.2 Å². The highest BCUT2D eigenvalue weighted by Gasteiger charge is 1.92. The molecule has 0 spiro atoms. The van der Waals surface area contributed by atoms with E-state index in [-0.39, 0.29) is 12.2 Å². The minimum Gasteiger partial charge on any atom is -0.772 e. The molecule has 0 aromatic heterocycles. The second kappa shape index (κ2) is 4.46. The van der Waals surface area contributed by atoms with Crippen LogP contribution >= 0.6 is 0 Å². The third-order valence-corrected chi connectivity index (χ3v) is 1.36. The van der Waals surface area contributed by atoms with Gasteiger partial charge in [-0.15, -0.1) is 0 Å². The quantitative estimate of drug-likeness (QED) is 0.529. The van der Waals surface area contributed by atoms with Crippen LogP contribution in [0.5, 0.6) is 0 Å². The van der Waals surface area contributed by atoms with Crippen molar-refractivity contribution in [1.82, 2.24) is 0 Å². The van der Waals surface area contributed by atoms with Gasteiger partial charge < -0.3 is 10.3 Å². The van der Waals surface area contributed by atoms with Crippen LogP contribution in [0.1, 0.15) is 12.8 Å². The Hall–Kier alpha value is -0.420. The maximum Gasteiger partial charge on any atom is 0.217 e. The molecule has 0 aliphatic carbocycles. The van der Waals surface area contributed by atoms with Crippen molar-refractivity contribution in [1.29, 1.82) is 0 Å². The molecule has 0 heterocycles. The Morgan fingerprint density at radius 3 is 2.56 bits per heavy atom. The highest BCUT2D eigenvalue weighted by Crippen LogP contribution is 1.88. The summed E-state index contributed by atoms with van der Waals surface area (Å²) in [5.74, 6) is -0.441. The molecule has 9 heavy (non-hydrogen) atoms. The third-order valence-electron chi connectivity index (χ3n) is 0.734. The molecule has 2 N–H and O–H groups in total. The molecule has 0 aromatic rings. The van der Waals surface area contributed by atoms with Crippen molar-refractivity contribution in [3.8, 4) is 0 Å². The molecule has 4 nitrogen and oxygen atoms in total. The monoisotopic (exact) mass is 150 g/mol. The Morgan fingerprint density at radius 2 is 2.22 bits per heavy atom. The number of hydrogen-bond acceptors (Lipinski definition) is 3. The van der Waals surface area contributed by atoms with Gasteiger partial charge in [0.1, 0.15) is 0 Å². The first-order chi connectivity index (χ1) is 4.13. The number of amides is 1. The van der Waals surface area contributed by atoms with Gasteiger partial charge in [-0.1, -0.05) is 11.1 Å². The summed E-state index contributed by atoms with van der Waals surface area (Å²) < 4.78 is 19.7. The van der Waals surface area contributed by atoms with Crippen molar-refractivity contribution in [3.05, 3.63) is 0 Å². The summed E-state index contributed by atoms with van der Waals surface area (Å²) in [4.78, 5) is 10.0. The Morgan fingerprint density at radius 1 is 1.67 bits per heavy atom. The summed E-state index contributed by atoms with van der Waals surface area (Å²) in [7, 11) is 0. The normalized spacial score (nSPS) is 13.0. The predicted octanol–water partition coefficient (Wildman–Crippen LogP) is -0.869. The molecule has 0 fully saturated rings. The number of hydrogen-bond donors (Lipinski definition) is 1. The van der Waals surface area contributed by atoms with Gasteiger partial charge in [-0.05, 0) is 6.42 Å². The minimum atomic E-state index is -2.04. The molecule has 5 heteroatoms. The maximum absolute atomic E-state index is 10.0. The molecule has 0 saturated carbocycles. The number of carbonyl (C=O) groups excluding carboxylic acids is 1. The van der Waals surface area contributed by atoms with E-state index in [2.05, 4.69) is 0 Å². The Balaban J connectivity index is 3.10. The van der Waals surface area contributed by atoms with Gasteiger partial charge in [0.2, 0.25) is 5.91 Å². The van der Waals surface area contributed by atoms with Crippen molar-refractivity contribution >= 4 is 17.0 Å². The van der Waals surface area contributed by atoms with Gasteiger partial charge in [0.05, 0.1) is 0 Å². The van der Waals surface area contributed by atoms with Crippen molar-refractivity contribution in [2.75, 3.05) is 5.75 Å². The summed E-state index contributed by atoms with van der Waals surface area (Å²) in [6, 6.07) is 0. The Kier molecular flexibility index (Phi) is 4.25. The van der Waals surface area contributed by atoms with Crippen LogP contribution in [0.3, 0.4) is 0 Å². The van der Waals surface area contributed by atoms with Crippen LogP contribution in [0, 0.1) is 0 Å². The molecule has 0 aliphatic heterocycles. The largest absolute Gasteiger partial charge is 0.772 e. The molecule has 0 aromatic carbocycles. The van der Waals surface area contributed by atoms with E-state index in [9.17, 15) is 13.6 Å². The second-order valence-electron chi connectivity index (χ2n) is 1.58. The van der Waals surface area contributed by atoms with Crippen molar-refractivity contribution < 1.29 is 13.6 Å². The standard InChI is InChI=1S/C4H9NO3S/c5-4(6)2-1-3-9(7)8/h1-3H2,(H2,5,6)(H,7,8)/p-1. The van der Waals surface area contributed by atoms with E-state index >= 15 is 0 Å². The molecule has 1 unspecified atom stereocenters. The van der Waals surface area contributed by atoms with E-state index in [0.29, 0.717) is 6.42 Å². The van der Waals surface area contributed by atoms with Crippen LogP contribution in [0.15, 0.2) is 0 Å². The molecule has 0 bridgehead atoms. The lowest BCUT2D eigenvalue weighted by Crippen LogP contribution is -2.11.